The molecule has 36 heavy (non-hydrogen) atoms. The SMILES string of the molecule is COc1ccc(-c2cc(C(=O)N3CCN(c4ccccc4Cl)CC3)c(C)n2-c2ccccc2F)cc1. The topological polar surface area (TPSA) is 37.7 Å². The Kier molecular flexibility index (Phi) is 6.70. The molecule has 0 spiro atoms. The van der Waals surface area contributed by atoms with Crippen LogP contribution in [-0.4, -0.2) is 48.7 Å². The van der Waals surface area contributed by atoms with Crippen molar-refractivity contribution in [2.45, 2.75) is 6.92 Å². The Morgan fingerprint density at radius 2 is 1.53 bits per heavy atom. The summed E-state index contributed by atoms with van der Waals surface area (Å²) in [5.41, 5.74) is 4.26. The molecule has 0 bridgehead atoms. The van der Waals surface area contributed by atoms with Crippen LogP contribution >= 0.6 is 11.6 Å². The van der Waals surface area contributed by atoms with Gasteiger partial charge in [0.15, 0.2) is 0 Å². The zero-order valence-electron chi connectivity index (χ0n) is 20.2. The number of amides is 1. The molecule has 0 N–H and O–H groups in total. The summed E-state index contributed by atoms with van der Waals surface area (Å²) in [6.07, 6.45) is 0. The summed E-state index contributed by atoms with van der Waals surface area (Å²) in [4.78, 5) is 17.8. The first-order valence-corrected chi connectivity index (χ1v) is 12.3. The fourth-order valence-corrected chi connectivity index (χ4v) is 5.03. The molecule has 5 rings (SSSR count). The molecule has 184 valence electrons. The number of aromatic nitrogens is 1. The van der Waals surface area contributed by atoms with E-state index in [0.717, 1.165) is 22.7 Å². The van der Waals surface area contributed by atoms with Gasteiger partial charge in [0.2, 0.25) is 0 Å². The van der Waals surface area contributed by atoms with Gasteiger partial charge in [0.25, 0.3) is 5.91 Å². The first-order chi connectivity index (χ1) is 17.5. The van der Waals surface area contributed by atoms with Gasteiger partial charge in [-0.2, -0.15) is 0 Å². The van der Waals surface area contributed by atoms with Crippen LogP contribution < -0.4 is 9.64 Å². The quantitative estimate of drug-likeness (QED) is 0.324. The van der Waals surface area contributed by atoms with Gasteiger partial charge in [-0.3, -0.25) is 4.79 Å². The summed E-state index contributed by atoms with van der Waals surface area (Å²) in [5, 5.41) is 0.708. The molecule has 4 aromatic rings. The first-order valence-electron chi connectivity index (χ1n) is 11.9. The lowest BCUT2D eigenvalue weighted by Crippen LogP contribution is -2.49. The summed E-state index contributed by atoms with van der Waals surface area (Å²) in [5.74, 6) is 0.321. The number of ether oxygens (including phenoxy) is 1. The maximum atomic E-state index is 14.9. The van der Waals surface area contributed by atoms with Crippen LogP contribution in [0.2, 0.25) is 5.02 Å². The van der Waals surface area contributed by atoms with Crippen LogP contribution in [0.25, 0.3) is 16.9 Å². The van der Waals surface area contributed by atoms with Crippen molar-refractivity contribution in [2.75, 3.05) is 38.2 Å². The average Bonchev–Trinajstić information content (AvgIpc) is 3.25. The maximum absolute atomic E-state index is 14.9. The number of methoxy groups -OCH3 is 1. The number of anilines is 1. The number of nitrogens with zero attached hydrogens (tertiary/aromatic N) is 3. The molecule has 1 amide bonds. The minimum atomic E-state index is -0.349. The average molecular weight is 504 g/mol. The van der Waals surface area contributed by atoms with Gasteiger partial charge in [-0.1, -0.05) is 35.9 Å². The van der Waals surface area contributed by atoms with Crippen LogP contribution in [0.5, 0.6) is 5.75 Å². The number of piperazine rings is 1. The predicted molar refractivity (Wildman–Crippen MR) is 142 cm³/mol. The first kappa shape index (κ1) is 23.9. The highest BCUT2D eigenvalue weighted by Crippen LogP contribution is 2.33. The lowest BCUT2D eigenvalue weighted by Gasteiger charge is -2.36. The van der Waals surface area contributed by atoms with E-state index >= 15 is 0 Å². The zero-order chi connectivity index (χ0) is 25.2. The van der Waals surface area contributed by atoms with Crippen molar-refractivity contribution in [1.29, 1.82) is 0 Å². The number of hydrogen-bond acceptors (Lipinski definition) is 3. The van der Waals surface area contributed by atoms with Crippen LogP contribution in [0.15, 0.2) is 78.9 Å². The highest BCUT2D eigenvalue weighted by molar-refractivity contribution is 6.33. The minimum absolute atomic E-state index is 0.0591. The number of hydrogen-bond donors (Lipinski definition) is 0. The fraction of sp³-hybridized carbons (Fsp3) is 0.207. The molecule has 3 aromatic carbocycles. The Morgan fingerprint density at radius 3 is 2.17 bits per heavy atom. The van der Waals surface area contributed by atoms with Gasteiger partial charge in [0.1, 0.15) is 11.6 Å². The Morgan fingerprint density at radius 1 is 0.889 bits per heavy atom. The van der Waals surface area contributed by atoms with Gasteiger partial charge in [-0.25, -0.2) is 4.39 Å². The van der Waals surface area contributed by atoms with E-state index in [2.05, 4.69) is 4.90 Å². The summed E-state index contributed by atoms with van der Waals surface area (Å²) >= 11 is 6.38. The molecule has 0 unspecified atom stereocenters. The van der Waals surface area contributed by atoms with Crippen LogP contribution in [0.1, 0.15) is 16.1 Å². The van der Waals surface area contributed by atoms with Crippen LogP contribution in [0.3, 0.4) is 0 Å². The molecule has 0 atom stereocenters. The summed E-state index contributed by atoms with van der Waals surface area (Å²) in [6.45, 7) is 4.40. The Balaban J connectivity index is 1.48. The van der Waals surface area contributed by atoms with Gasteiger partial charge >= 0.3 is 0 Å². The van der Waals surface area contributed by atoms with E-state index in [1.165, 1.54) is 6.07 Å². The number of benzene rings is 3. The van der Waals surface area contributed by atoms with E-state index in [1.807, 2.05) is 71.0 Å². The van der Waals surface area contributed by atoms with Crippen LogP contribution in [0, 0.1) is 12.7 Å². The molecule has 1 aromatic heterocycles. The zero-order valence-corrected chi connectivity index (χ0v) is 21.0. The summed E-state index contributed by atoms with van der Waals surface area (Å²) in [7, 11) is 1.61. The minimum Gasteiger partial charge on any atom is -0.497 e. The Hall–Kier alpha value is -3.77. The van der Waals surface area contributed by atoms with Crippen molar-refractivity contribution < 1.29 is 13.9 Å². The molecule has 1 aliphatic rings. The maximum Gasteiger partial charge on any atom is 0.255 e. The normalized spacial score (nSPS) is 13.7. The van der Waals surface area contributed by atoms with Crippen molar-refractivity contribution in [3.63, 3.8) is 0 Å². The Labute approximate surface area is 215 Å². The fourth-order valence-electron chi connectivity index (χ4n) is 4.77. The van der Waals surface area contributed by atoms with E-state index in [0.29, 0.717) is 48.1 Å². The van der Waals surface area contributed by atoms with E-state index in [4.69, 9.17) is 16.3 Å². The standard InChI is InChI=1S/C29H27ClFN3O2/c1-20-23(29(35)33-17-15-32(16-18-33)26-9-5-3-7-24(26)30)19-28(21-11-13-22(36-2)14-12-21)34(20)27-10-6-4-8-25(27)31/h3-14,19H,15-18H2,1-2H3. The van der Waals surface area contributed by atoms with Crippen LogP contribution in [-0.2, 0) is 0 Å². The molecule has 0 aliphatic carbocycles. The predicted octanol–water partition coefficient (Wildman–Crippen LogP) is 6.22. The molecule has 1 aliphatic heterocycles. The molecule has 1 saturated heterocycles. The highest BCUT2D eigenvalue weighted by Gasteiger charge is 2.27. The second-order valence-electron chi connectivity index (χ2n) is 8.77. The monoisotopic (exact) mass is 503 g/mol. The highest BCUT2D eigenvalue weighted by atomic mass is 35.5. The molecular weight excluding hydrogens is 477 g/mol. The van der Waals surface area contributed by atoms with Crippen molar-refractivity contribution >= 4 is 23.2 Å². The van der Waals surface area contributed by atoms with Gasteiger partial charge < -0.3 is 19.1 Å². The van der Waals surface area contributed by atoms with Crippen molar-refractivity contribution in [3.8, 4) is 22.7 Å². The smallest absolute Gasteiger partial charge is 0.255 e. The molecule has 7 heteroatoms. The summed E-state index contributed by atoms with van der Waals surface area (Å²) < 4.78 is 22.0. The molecular formula is C29H27ClFN3O2. The van der Waals surface area contributed by atoms with E-state index in [9.17, 15) is 9.18 Å². The second-order valence-corrected chi connectivity index (χ2v) is 9.18. The lowest BCUT2D eigenvalue weighted by atomic mass is 10.1. The number of para-hydroxylation sites is 2. The van der Waals surface area contributed by atoms with E-state index < -0.39 is 0 Å². The summed E-state index contributed by atoms with van der Waals surface area (Å²) in [6, 6.07) is 23.8. The molecule has 1 fully saturated rings. The van der Waals surface area contributed by atoms with Crippen molar-refractivity contribution in [1.82, 2.24) is 9.47 Å². The number of rotatable bonds is 5. The third-order valence-corrected chi connectivity index (χ3v) is 7.04. The van der Waals surface area contributed by atoms with E-state index in [-0.39, 0.29) is 11.7 Å². The largest absolute Gasteiger partial charge is 0.497 e. The van der Waals surface area contributed by atoms with Gasteiger partial charge in [-0.15, -0.1) is 0 Å². The number of halogens is 2. The molecule has 0 radical (unpaired) electrons. The van der Waals surface area contributed by atoms with Crippen molar-refractivity contribution in [2.24, 2.45) is 0 Å². The third kappa shape index (κ3) is 4.44. The van der Waals surface area contributed by atoms with E-state index in [1.54, 1.807) is 25.3 Å². The van der Waals surface area contributed by atoms with Crippen LogP contribution in [0.4, 0.5) is 10.1 Å². The van der Waals surface area contributed by atoms with Gasteiger partial charge in [0.05, 0.1) is 34.8 Å². The second kappa shape index (κ2) is 10.1. The molecule has 5 nitrogen and oxygen atoms in total. The molecule has 2 heterocycles. The van der Waals surface area contributed by atoms with Gasteiger partial charge in [-0.05, 0) is 67.1 Å². The third-order valence-electron chi connectivity index (χ3n) is 6.72. The Bertz CT molecular complexity index is 1390. The van der Waals surface area contributed by atoms with Gasteiger partial charge in [0, 0.05) is 31.9 Å². The lowest BCUT2D eigenvalue weighted by molar-refractivity contribution is 0.0746. The number of carbonyl (C=O) groups is 1. The number of carbonyl (C=O) groups excluding carboxylic acids is 1. The molecule has 0 saturated carbocycles. The van der Waals surface area contributed by atoms with Crippen molar-refractivity contribution in [3.05, 3.63) is 101 Å².